The Kier molecular flexibility index (Phi) is 5.74. The summed E-state index contributed by atoms with van der Waals surface area (Å²) in [7, 11) is -3.75. The molecule has 2 aromatic rings. The molecule has 130 valence electrons. The van der Waals surface area contributed by atoms with E-state index >= 15 is 0 Å². The second-order valence-corrected chi connectivity index (χ2v) is 6.98. The molecule has 0 radical (unpaired) electrons. The molecule has 0 spiro atoms. The van der Waals surface area contributed by atoms with E-state index in [0.29, 0.717) is 12.2 Å². The molecular weight excluding hydrogens is 330 g/mol. The van der Waals surface area contributed by atoms with Gasteiger partial charge in [-0.25, -0.2) is 13.1 Å². The topological polar surface area (TPSA) is 92.5 Å². The zero-order chi connectivity index (χ0) is 17.7. The van der Waals surface area contributed by atoms with Crippen LogP contribution in [0.5, 0.6) is 0 Å². The van der Waals surface area contributed by atoms with Gasteiger partial charge in [-0.1, -0.05) is 23.4 Å². The van der Waals surface area contributed by atoms with Crippen LogP contribution in [-0.2, 0) is 14.8 Å². The lowest BCUT2D eigenvalue weighted by Gasteiger charge is -2.21. The largest absolute Gasteiger partial charge is 0.360 e. The molecule has 1 N–H and O–H groups in total. The maximum atomic E-state index is 12.3. The predicted molar refractivity (Wildman–Crippen MR) is 90.3 cm³/mol. The summed E-state index contributed by atoms with van der Waals surface area (Å²) in [4.78, 5) is 14.0. The Morgan fingerprint density at radius 1 is 1.25 bits per heavy atom. The molecule has 0 saturated heterocycles. The zero-order valence-corrected chi connectivity index (χ0v) is 14.8. The average Bonchev–Trinajstić information content (AvgIpc) is 2.88. The molecule has 8 heteroatoms. The number of carbonyl (C=O) groups is 1. The van der Waals surface area contributed by atoms with Crippen molar-refractivity contribution in [3.63, 3.8) is 0 Å². The molecule has 0 fully saturated rings. The van der Waals surface area contributed by atoms with Crippen molar-refractivity contribution in [3.8, 4) is 0 Å². The summed E-state index contributed by atoms with van der Waals surface area (Å²) in [6.07, 6.45) is 0.0609. The van der Waals surface area contributed by atoms with Gasteiger partial charge in [0.05, 0.1) is 0 Å². The minimum absolute atomic E-state index is 0.00849. The first-order valence-electron chi connectivity index (χ1n) is 7.64. The van der Waals surface area contributed by atoms with Crippen molar-refractivity contribution in [3.05, 3.63) is 41.8 Å². The standard InChI is InChI=1S/C16H21N3O4S/c1-4-19(14-8-6-5-7-9-14)15(20)10-11-17-24(21,22)16-12(2)18-23-13(16)3/h5-9,17H,4,10-11H2,1-3H3. The van der Waals surface area contributed by atoms with Gasteiger partial charge in [0.1, 0.15) is 10.6 Å². The van der Waals surface area contributed by atoms with Crippen molar-refractivity contribution in [1.82, 2.24) is 9.88 Å². The van der Waals surface area contributed by atoms with Crippen LogP contribution in [0.25, 0.3) is 0 Å². The number of hydrogen-bond donors (Lipinski definition) is 1. The van der Waals surface area contributed by atoms with E-state index in [1.54, 1.807) is 11.8 Å². The molecule has 0 aliphatic rings. The lowest BCUT2D eigenvalue weighted by atomic mass is 10.2. The Balaban J connectivity index is 1.99. The van der Waals surface area contributed by atoms with Crippen LogP contribution in [0.3, 0.4) is 0 Å². The predicted octanol–water partition coefficient (Wildman–Crippen LogP) is 2.01. The first-order chi connectivity index (χ1) is 11.4. The Morgan fingerprint density at radius 2 is 1.92 bits per heavy atom. The van der Waals surface area contributed by atoms with Crippen LogP contribution >= 0.6 is 0 Å². The number of aryl methyl sites for hydroxylation is 2. The average molecular weight is 351 g/mol. The summed E-state index contributed by atoms with van der Waals surface area (Å²) in [5, 5.41) is 3.64. The van der Waals surface area contributed by atoms with Crippen molar-refractivity contribution >= 4 is 21.6 Å². The second kappa shape index (κ2) is 7.59. The molecule has 1 aromatic carbocycles. The number of hydrogen-bond acceptors (Lipinski definition) is 5. The Morgan fingerprint density at radius 3 is 2.46 bits per heavy atom. The summed E-state index contributed by atoms with van der Waals surface area (Å²) in [6, 6.07) is 9.27. The van der Waals surface area contributed by atoms with E-state index in [1.807, 2.05) is 37.3 Å². The van der Waals surface area contributed by atoms with Crippen LogP contribution in [0.1, 0.15) is 24.8 Å². The highest BCUT2D eigenvalue weighted by Crippen LogP contribution is 2.18. The molecule has 1 amide bonds. The van der Waals surface area contributed by atoms with E-state index in [0.717, 1.165) is 5.69 Å². The molecule has 0 saturated carbocycles. The Hall–Kier alpha value is -2.19. The third-order valence-electron chi connectivity index (χ3n) is 3.55. The van der Waals surface area contributed by atoms with Gasteiger partial charge in [-0.2, -0.15) is 0 Å². The number of para-hydroxylation sites is 1. The van der Waals surface area contributed by atoms with Crippen LogP contribution in [-0.4, -0.2) is 32.6 Å². The summed E-state index contributed by atoms with van der Waals surface area (Å²) in [5.74, 6) is 0.0796. The first-order valence-corrected chi connectivity index (χ1v) is 9.13. The lowest BCUT2D eigenvalue weighted by molar-refractivity contribution is -0.118. The van der Waals surface area contributed by atoms with E-state index in [-0.39, 0.29) is 29.5 Å². The van der Waals surface area contributed by atoms with Crippen molar-refractivity contribution in [1.29, 1.82) is 0 Å². The van der Waals surface area contributed by atoms with Gasteiger partial charge in [-0.05, 0) is 32.9 Å². The summed E-state index contributed by atoms with van der Waals surface area (Å²) >= 11 is 0. The number of sulfonamides is 1. The Bertz CT molecular complexity index is 780. The van der Waals surface area contributed by atoms with Gasteiger partial charge < -0.3 is 9.42 Å². The van der Waals surface area contributed by atoms with E-state index < -0.39 is 10.0 Å². The van der Waals surface area contributed by atoms with Crippen LogP contribution in [0.15, 0.2) is 39.8 Å². The fourth-order valence-corrected chi connectivity index (χ4v) is 3.83. The molecule has 0 atom stereocenters. The van der Waals surface area contributed by atoms with Crippen LogP contribution < -0.4 is 9.62 Å². The van der Waals surface area contributed by atoms with Crippen molar-refractivity contribution in [2.45, 2.75) is 32.1 Å². The highest BCUT2D eigenvalue weighted by Gasteiger charge is 2.24. The third-order valence-corrected chi connectivity index (χ3v) is 5.26. The van der Waals surface area contributed by atoms with E-state index in [4.69, 9.17) is 4.52 Å². The van der Waals surface area contributed by atoms with Gasteiger partial charge in [0.25, 0.3) is 0 Å². The number of nitrogens with one attached hydrogen (secondary N) is 1. The molecule has 7 nitrogen and oxygen atoms in total. The Labute approximate surface area is 141 Å². The number of amides is 1. The van der Waals surface area contributed by atoms with Gasteiger partial charge in [0, 0.05) is 25.2 Å². The van der Waals surface area contributed by atoms with Gasteiger partial charge in [0.2, 0.25) is 15.9 Å². The zero-order valence-electron chi connectivity index (χ0n) is 13.9. The lowest BCUT2D eigenvalue weighted by Crippen LogP contribution is -2.34. The van der Waals surface area contributed by atoms with E-state index in [9.17, 15) is 13.2 Å². The van der Waals surface area contributed by atoms with Gasteiger partial charge in [-0.3, -0.25) is 4.79 Å². The highest BCUT2D eigenvalue weighted by molar-refractivity contribution is 7.89. The van der Waals surface area contributed by atoms with E-state index in [1.165, 1.54) is 6.92 Å². The summed E-state index contributed by atoms with van der Waals surface area (Å²) in [6.45, 7) is 5.49. The van der Waals surface area contributed by atoms with E-state index in [2.05, 4.69) is 9.88 Å². The van der Waals surface area contributed by atoms with Crippen molar-refractivity contribution in [2.24, 2.45) is 0 Å². The van der Waals surface area contributed by atoms with Crippen LogP contribution in [0.4, 0.5) is 5.69 Å². The fraction of sp³-hybridized carbons (Fsp3) is 0.375. The fourth-order valence-electron chi connectivity index (χ4n) is 2.47. The van der Waals surface area contributed by atoms with Gasteiger partial charge >= 0.3 is 0 Å². The number of benzene rings is 1. The monoisotopic (exact) mass is 351 g/mol. The molecule has 0 aliphatic carbocycles. The SMILES string of the molecule is CCN(C(=O)CCNS(=O)(=O)c1c(C)noc1C)c1ccccc1. The number of rotatable bonds is 7. The number of anilines is 1. The van der Waals surface area contributed by atoms with Crippen LogP contribution in [0, 0.1) is 13.8 Å². The smallest absolute Gasteiger partial charge is 0.245 e. The molecule has 0 unspecified atom stereocenters. The molecule has 24 heavy (non-hydrogen) atoms. The highest BCUT2D eigenvalue weighted by atomic mass is 32.2. The summed E-state index contributed by atoms with van der Waals surface area (Å²) in [5.41, 5.74) is 1.09. The molecule has 2 rings (SSSR count). The summed E-state index contributed by atoms with van der Waals surface area (Å²) < 4.78 is 31.9. The molecule has 1 aromatic heterocycles. The molecule has 0 aliphatic heterocycles. The number of carbonyl (C=O) groups excluding carboxylic acids is 1. The number of aromatic nitrogens is 1. The number of nitrogens with zero attached hydrogens (tertiary/aromatic N) is 2. The minimum atomic E-state index is -3.75. The van der Waals surface area contributed by atoms with Gasteiger partial charge in [0.15, 0.2) is 5.76 Å². The second-order valence-electron chi connectivity index (χ2n) is 5.27. The van der Waals surface area contributed by atoms with Crippen molar-refractivity contribution in [2.75, 3.05) is 18.0 Å². The van der Waals surface area contributed by atoms with Crippen LogP contribution in [0.2, 0.25) is 0 Å². The maximum absolute atomic E-state index is 12.3. The minimum Gasteiger partial charge on any atom is -0.360 e. The maximum Gasteiger partial charge on any atom is 0.245 e. The molecule has 0 bridgehead atoms. The normalized spacial score (nSPS) is 11.5. The van der Waals surface area contributed by atoms with Gasteiger partial charge in [-0.15, -0.1) is 0 Å². The quantitative estimate of drug-likeness (QED) is 0.824. The first kappa shape index (κ1) is 18.2. The third kappa shape index (κ3) is 4.01. The molecular formula is C16H21N3O4S. The molecule has 1 heterocycles. The van der Waals surface area contributed by atoms with Crippen molar-refractivity contribution < 1.29 is 17.7 Å².